The number of non-ortho nitro benzene ring substituents is 1. The Kier molecular flexibility index (Phi) is 16.2. The molecule has 1 aliphatic carbocycles. The molecule has 9 nitrogen and oxygen atoms in total. The van der Waals surface area contributed by atoms with E-state index in [0.717, 1.165) is 49.7 Å². The second-order valence-electron chi connectivity index (χ2n) is 10.7. The standard InChI is InChI=1S/C26H30ClNO6.C8H14O2/c1-3-4-5-6-24(33-17(2)29)19-9-7-18(8-10-19)23-15-21(27)16-25(23)34-26(30)20-11-13-22(14-12-20)28(31)32;1-3-4-5-6-7-8(9)10-2/h7-14,21,23-25H,3-6,15-16H2,1-2H3;3-4H,5-7H2,1-2H3/b;4-3-/t21-,23-,24?,25-;/m0./s1. The number of nitro benzene ring substituents is 1. The van der Waals surface area contributed by atoms with Crippen LogP contribution in [-0.4, -0.2) is 41.4 Å². The maximum absolute atomic E-state index is 12.7. The molecule has 1 fully saturated rings. The third kappa shape index (κ3) is 12.5. The molecule has 4 atom stereocenters. The van der Waals surface area contributed by atoms with Gasteiger partial charge in [-0.2, -0.15) is 0 Å². The largest absolute Gasteiger partial charge is 0.469 e. The van der Waals surface area contributed by atoms with Gasteiger partial charge < -0.3 is 14.2 Å². The molecule has 1 saturated carbocycles. The van der Waals surface area contributed by atoms with Crippen LogP contribution in [0.5, 0.6) is 0 Å². The maximum atomic E-state index is 12.7. The van der Waals surface area contributed by atoms with Gasteiger partial charge in [0, 0.05) is 43.2 Å². The Bertz CT molecular complexity index is 1230. The summed E-state index contributed by atoms with van der Waals surface area (Å²) in [6, 6.07) is 13.3. The fraction of sp³-hybridized carbons (Fsp3) is 0.500. The summed E-state index contributed by atoms with van der Waals surface area (Å²) in [5.74, 6) is -1.02. The van der Waals surface area contributed by atoms with Gasteiger partial charge in [-0.1, -0.05) is 56.2 Å². The fourth-order valence-corrected chi connectivity index (χ4v) is 5.38. The summed E-state index contributed by atoms with van der Waals surface area (Å²) in [5, 5.41) is 10.7. The van der Waals surface area contributed by atoms with E-state index in [1.807, 2.05) is 43.3 Å². The highest BCUT2D eigenvalue weighted by molar-refractivity contribution is 6.20. The van der Waals surface area contributed by atoms with Crippen molar-refractivity contribution >= 4 is 35.2 Å². The highest BCUT2D eigenvalue weighted by Gasteiger charge is 2.37. The molecule has 44 heavy (non-hydrogen) atoms. The second-order valence-corrected chi connectivity index (χ2v) is 11.3. The second kappa shape index (κ2) is 19.5. The first-order valence-electron chi connectivity index (χ1n) is 15.1. The van der Waals surface area contributed by atoms with Crippen molar-refractivity contribution in [2.45, 2.75) is 102 Å². The highest BCUT2D eigenvalue weighted by atomic mass is 35.5. The van der Waals surface area contributed by atoms with Crippen molar-refractivity contribution in [2.75, 3.05) is 7.11 Å². The number of hydrogen-bond acceptors (Lipinski definition) is 8. The van der Waals surface area contributed by atoms with E-state index in [-0.39, 0.29) is 40.6 Å². The van der Waals surface area contributed by atoms with Crippen LogP contribution in [0, 0.1) is 10.1 Å². The molecule has 1 unspecified atom stereocenters. The molecule has 0 spiro atoms. The molecule has 0 aliphatic heterocycles. The summed E-state index contributed by atoms with van der Waals surface area (Å²) >= 11 is 6.42. The van der Waals surface area contributed by atoms with Crippen molar-refractivity contribution in [1.29, 1.82) is 0 Å². The van der Waals surface area contributed by atoms with Crippen molar-refractivity contribution in [1.82, 2.24) is 0 Å². The van der Waals surface area contributed by atoms with E-state index in [9.17, 15) is 24.5 Å². The van der Waals surface area contributed by atoms with Gasteiger partial charge in [0.2, 0.25) is 0 Å². The summed E-state index contributed by atoms with van der Waals surface area (Å²) < 4.78 is 15.8. The SMILES string of the molecule is C/C=C\CCCC(=O)OC.CCCCCC(OC(C)=O)c1ccc([C@@H]2C[C@H](Cl)C[C@@H]2OC(=O)c2ccc([N+](=O)[O-])cc2)cc1. The first kappa shape index (κ1) is 36.5. The number of allylic oxidation sites excluding steroid dienone is 2. The minimum Gasteiger partial charge on any atom is -0.469 e. The first-order chi connectivity index (χ1) is 21.1. The number of methoxy groups -OCH3 is 1. The van der Waals surface area contributed by atoms with Gasteiger partial charge in [0.15, 0.2) is 0 Å². The Morgan fingerprint density at radius 1 is 1.05 bits per heavy atom. The Balaban J connectivity index is 0.000000580. The number of carbonyl (C=O) groups excluding carboxylic acids is 3. The predicted octanol–water partition coefficient (Wildman–Crippen LogP) is 8.40. The third-order valence-electron chi connectivity index (χ3n) is 7.35. The van der Waals surface area contributed by atoms with E-state index >= 15 is 0 Å². The van der Waals surface area contributed by atoms with E-state index in [2.05, 4.69) is 11.7 Å². The lowest BCUT2D eigenvalue weighted by atomic mass is 9.93. The molecular formula is C34H44ClNO8. The zero-order valence-corrected chi connectivity index (χ0v) is 26.8. The van der Waals surface area contributed by atoms with Gasteiger partial charge >= 0.3 is 17.9 Å². The fourth-order valence-electron chi connectivity index (χ4n) is 5.01. The quantitative estimate of drug-likeness (QED) is 0.0388. The van der Waals surface area contributed by atoms with Crippen LogP contribution in [0.2, 0.25) is 0 Å². The molecular weight excluding hydrogens is 586 g/mol. The summed E-state index contributed by atoms with van der Waals surface area (Å²) in [6.07, 6.45) is 10.8. The molecule has 0 saturated heterocycles. The lowest BCUT2D eigenvalue weighted by Gasteiger charge is -2.22. The van der Waals surface area contributed by atoms with E-state index in [0.29, 0.717) is 19.3 Å². The molecule has 0 N–H and O–H groups in total. The van der Waals surface area contributed by atoms with Crippen molar-refractivity contribution in [3.63, 3.8) is 0 Å². The number of nitrogens with zero attached hydrogens (tertiary/aromatic N) is 1. The van der Waals surface area contributed by atoms with Crippen LogP contribution in [-0.2, 0) is 23.8 Å². The van der Waals surface area contributed by atoms with E-state index < -0.39 is 17.0 Å². The lowest BCUT2D eigenvalue weighted by molar-refractivity contribution is -0.384. The first-order valence-corrected chi connectivity index (χ1v) is 15.6. The summed E-state index contributed by atoms with van der Waals surface area (Å²) in [5.41, 5.74) is 2.12. The smallest absolute Gasteiger partial charge is 0.338 e. The zero-order chi connectivity index (χ0) is 32.5. The number of rotatable bonds is 14. The maximum Gasteiger partial charge on any atom is 0.338 e. The van der Waals surface area contributed by atoms with Crippen LogP contribution in [0.15, 0.2) is 60.7 Å². The zero-order valence-electron chi connectivity index (χ0n) is 26.0. The van der Waals surface area contributed by atoms with E-state index in [1.165, 1.54) is 38.3 Å². The van der Waals surface area contributed by atoms with Crippen molar-refractivity contribution in [2.24, 2.45) is 0 Å². The molecule has 2 aromatic carbocycles. The molecule has 0 radical (unpaired) electrons. The third-order valence-corrected chi connectivity index (χ3v) is 7.70. The van der Waals surface area contributed by atoms with Crippen LogP contribution < -0.4 is 0 Å². The van der Waals surface area contributed by atoms with Gasteiger partial charge in [0.25, 0.3) is 5.69 Å². The van der Waals surface area contributed by atoms with Gasteiger partial charge in [-0.25, -0.2) is 4.79 Å². The van der Waals surface area contributed by atoms with E-state index in [1.54, 1.807) is 0 Å². The van der Waals surface area contributed by atoms with Gasteiger partial charge in [-0.3, -0.25) is 19.7 Å². The van der Waals surface area contributed by atoms with Gasteiger partial charge in [0.1, 0.15) is 12.2 Å². The molecule has 0 aromatic heterocycles. The van der Waals surface area contributed by atoms with Crippen LogP contribution in [0.1, 0.15) is 112 Å². The lowest BCUT2D eigenvalue weighted by Crippen LogP contribution is -2.21. The minimum atomic E-state index is -0.530. The Morgan fingerprint density at radius 3 is 2.30 bits per heavy atom. The molecule has 0 amide bonds. The number of alkyl halides is 1. The summed E-state index contributed by atoms with van der Waals surface area (Å²) in [4.78, 5) is 45.1. The van der Waals surface area contributed by atoms with Crippen LogP contribution in [0.4, 0.5) is 5.69 Å². The molecule has 10 heteroatoms. The van der Waals surface area contributed by atoms with Crippen molar-refractivity contribution < 1.29 is 33.5 Å². The van der Waals surface area contributed by atoms with Crippen LogP contribution in [0.25, 0.3) is 0 Å². The Morgan fingerprint density at radius 2 is 1.73 bits per heavy atom. The van der Waals surface area contributed by atoms with E-state index in [4.69, 9.17) is 21.1 Å². The minimum absolute atomic E-state index is 0.0641. The molecule has 240 valence electrons. The number of benzene rings is 2. The molecule has 0 heterocycles. The number of carbonyl (C=O) groups is 3. The number of unbranched alkanes of at least 4 members (excludes halogenated alkanes) is 3. The Labute approximate surface area is 265 Å². The normalized spacial score (nSPS) is 18.2. The highest BCUT2D eigenvalue weighted by Crippen LogP contribution is 2.40. The molecule has 2 aromatic rings. The summed E-state index contributed by atoms with van der Waals surface area (Å²) in [6.45, 7) is 5.52. The van der Waals surface area contributed by atoms with Crippen molar-refractivity contribution in [3.8, 4) is 0 Å². The van der Waals surface area contributed by atoms with Gasteiger partial charge in [0.05, 0.1) is 17.6 Å². The molecule has 3 rings (SSSR count). The molecule has 0 bridgehead atoms. The number of esters is 3. The number of hydrogen-bond donors (Lipinski definition) is 0. The predicted molar refractivity (Wildman–Crippen MR) is 170 cm³/mol. The number of halogens is 1. The average Bonchev–Trinajstić information content (AvgIpc) is 3.38. The monoisotopic (exact) mass is 629 g/mol. The molecule has 1 aliphatic rings. The summed E-state index contributed by atoms with van der Waals surface area (Å²) in [7, 11) is 1.41. The van der Waals surface area contributed by atoms with Crippen LogP contribution in [0.3, 0.4) is 0 Å². The Hall–Kier alpha value is -3.72. The van der Waals surface area contributed by atoms with Gasteiger partial charge in [-0.15, -0.1) is 11.6 Å². The van der Waals surface area contributed by atoms with Crippen molar-refractivity contribution in [3.05, 3.63) is 87.5 Å². The van der Waals surface area contributed by atoms with Gasteiger partial charge in [-0.05, 0) is 62.3 Å². The average molecular weight is 630 g/mol. The number of ether oxygens (including phenoxy) is 3. The topological polar surface area (TPSA) is 122 Å². The van der Waals surface area contributed by atoms with Crippen LogP contribution >= 0.6 is 11.6 Å². The number of nitro groups is 1.